The molecule has 0 aliphatic carbocycles. The van der Waals surface area contributed by atoms with Crippen molar-refractivity contribution in [3.8, 4) is 12.3 Å². The molecule has 110 valence electrons. The van der Waals surface area contributed by atoms with Crippen molar-refractivity contribution in [2.45, 2.75) is 32.2 Å². The van der Waals surface area contributed by atoms with E-state index in [0.29, 0.717) is 11.4 Å². The van der Waals surface area contributed by atoms with Gasteiger partial charge >= 0.3 is 0 Å². The minimum atomic E-state index is -3.53. The highest BCUT2D eigenvalue weighted by molar-refractivity contribution is 7.89. The highest BCUT2D eigenvalue weighted by Crippen LogP contribution is 2.23. The minimum Gasteiger partial charge on any atom is -0.313 e. The standard InChI is InChI=1S/C15H22N2O2S/c1-6-8-17(5)20(18,19)15-10-14(11-16-7-2)12(3)9-13(15)4/h1,9-10,16H,7-8,11H2,2-5H3. The molecule has 1 N–H and O–H groups in total. The molecule has 0 atom stereocenters. The third-order valence-corrected chi connectivity index (χ3v) is 5.15. The van der Waals surface area contributed by atoms with Crippen molar-refractivity contribution in [3.63, 3.8) is 0 Å². The number of aryl methyl sites for hydroxylation is 2. The molecule has 0 saturated carbocycles. The Kier molecular flexibility index (Phi) is 5.75. The van der Waals surface area contributed by atoms with E-state index in [0.717, 1.165) is 23.2 Å². The van der Waals surface area contributed by atoms with Crippen LogP contribution in [0.2, 0.25) is 0 Å². The molecular formula is C15H22N2O2S. The Morgan fingerprint density at radius 2 is 1.95 bits per heavy atom. The molecule has 5 heteroatoms. The number of benzene rings is 1. The zero-order valence-corrected chi connectivity index (χ0v) is 13.3. The number of nitrogens with one attached hydrogen (secondary N) is 1. The Balaban J connectivity index is 3.28. The van der Waals surface area contributed by atoms with Gasteiger partial charge in [0, 0.05) is 13.6 Å². The van der Waals surface area contributed by atoms with Crippen LogP contribution in [0.5, 0.6) is 0 Å². The van der Waals surface area contributed by atoms with Crippen molar-refractivity contribution < 1.29 is 8.42 Å². The quantitative estimate of drug-likeness (QED) is 0.812. The summed E-state index contributed by atoms with van der Waals surface area (Å²) in [4.78, 5) is 0.328. The number of rotatable bonds is 6. The van der Waals surface area contributed by atoms with Gasteiger partial charge in [0.2, 0.25) is 10.0 Å². The van der Waals surface area contributed by atoms with Gasteiger partial charge in [-0.15, -0.1) is 6.42 Å². The molecule has 0 aromatic heterocycles. The zero-order chi connectivity index (χ0) is 15.3. The normalized spacial score (nSPS) is 11.6. The Bertz CT molecular complexity index is 615. The van der Waals surface area contributed by atoms with Crippen molar-refractivity contribution in [2.24, 2.45) is 0 Å². The van der Waals surface area contributed by atoms with Gasteiger partial charge in [0.1, 0.15) is 0 Å². The van der Waals surface area contributed by atoms with Gasteiger partial charge < -0.3 is 5.32 Å². The Morgan fingerprint density at radius 3 is 2.50 bits per heavy atom. The summed E-state index contributed by atoms with van der Waals surface area (Å²) in [6.07, 6.45) is 5.20. The van der Waals surface area contributed by atoms with Crippen LogP contribution in [0.1, 0.15) is 23.6 Å². The summed E-state index contributed by atoms with van der Waals surface area (Å²) >= 11 is 0. The van der Waals surface area contributed by atoms with E-state index in [9.17, 15) is 8.42 Å². The van der Waals surface area contributed by atoms with Crippen LogP contribution in [0, 0.1) is 26.2 Å². The van der Waals surface area contributed by atoms with Crippen molar-refractivity contribution in [3.05, 3.63) is 28.8 Å². The van der Waals surface area contributed by atoms with E-state index in [4.69, 9.17) is 6.42 Å². The molecule has 0 radical (unpaired) electrons. The fourth-order valence-electron chi connectivity index (χ4n) is 1.98. The minimum absolute atomic E-state index is 0.0677. The first-order valence-electron chi connectivity index (χ1n) is 6.55. The molecule has 0 aliphatic rings. The Morgan fingerprint density at radius 1 is 1.30 bits per heavy atom. The van der Waals surface area contributed by atoms with Crippen LogP contribution in [0.25, 0.3) is 0 Å². The molecule has 1 aromatic rings. The van der Waals surface area contributed by atoms with Crippen LogP contribution in [-0.2, 0) is 16.6 Å². The summed E-state index contributed by atoms with van der Waals surface area (Å²) in [7, 11) is -2.03. The van der Waals surface area contributed by atoms with Crippen molar-refractivity contribution in [1.82, 2.24) is 9.62 Å². The van der Waals surface area contributed by atoms with Gasteiger partial charge in [-0.05, 0) is 43.1 Å². The van der Waals surface area contributed by atoms with E-state index in [1.54, 1.807) is 13.0 Å². The second-order valence-corrected chi connectivity index (χ2v) is 6.80. The molecule has 0 fully saturated rings. The predicted octanol–water partition coefficient (Wildman–Crippen LogP) is 1.67. The first-order valence-corrected chi connectivity index (χ1v) is 7.99. The molecule has 0 saturated heterocycles. The topological polar surface area (TPSA) is 49.4 Å². The summed E-state index contributed by atoms with van der Waals surface area (Å²) in [5.41, 5.74) is 2.82. The van der Waals surface area contributed by atoms with Gasteiger partial charge in [0.25, 0.3) is 0 Å². The molecule has 0 spiro atoms. The maximum absolute atomic E-state index is 12.5. The van der Waals surface area contributed by atoms with Crippen LogP contribution >= 0.6 is 0 Å². The molecule has 1 rings (SSSR count). The SMILES string of the molecule is C#CCN(C)S(=O)(=O)c1cc(CNCC)c(C)cc1C. The fraction of sp³-hybridized carbons (Fsp3) is 0.467. The van der Waals surface area contributed by atoms with Crippen molar-refractivity contribution in [1.29, 1.82) is 0 Å². The molecule has 4 nitrogen and oxygen atoms in total. The number of hydrogen-bond donors (Lipinski definition) is 1. The van der Waals surface area contributed by atoms with Crippen molar-refractivity contribution in [2.75, 3.05) is 20.1 Å². The van der Waals surface area contributed by atoms with Gasteiger partial charge in [-0.1, -0.05) is 18.9 Å². The summed E-state index contributed by atoms with van der Waals surface area (Å²) in [5.74, 6) is 2.36. The second-order valence-electron chi connectivity index (χ2n) is 4.79. The van der Waals surface area contributed by atoms with E-state index in [-0.39, 0.29) is 6.54 Å². The van der Waals surface area contributed by atoms with E-state index in [1.165, 1.54) is 11.4 Å². The van der Waals surface area contributed by atoms with Gasteiger partial charge in [-0.25, -0.2) is 8.42 Å². The molecule has 0 unspecified atom stereocenters. The van der Waals surface area contributed by atoms with Crippen LogP contribution in [0.3, 0.4) is 0 Å². The van der Waals surface area contributed by atoms with Gasteiger partial charge in [-0.3, -0.25) is 0 Å². The first kappa shape index (κ1) is 16.7. The monoisotopic (exact) mass is 294 g/mol. The molecule has 0 bridgehead atoms. The van der Waals surface area contributed by atoms with Crippen molar-refractivity contribution >= 4 is 10.0 Å². The van der Waals surface area contributed by atoms with Crippen LogP contribution < -0.4 is 5.32 Å². The third-order valence-electron chi connectivity index (χ3n) is 3.20. The van der Waals surface area contributed by atoms with E-state index < -0.39 is 10.0 Å². The maximum atomic E-state index is 12.5. The highest BCUT2D eigenvalue weighted by Gasteiger charge is 2.23. The maximum Gasteiger partial charge on any atom is 0.243 e. The molecule has 0 aliphatic heterocycles. The summed E-state index contributed by atoms with van der Waals surface area (Å²) in [6, 6.07) is 3.65. The summed E-state index contributed by atoms with van der Waals surface area (Å²) in [5, 5.41) is 3.22. The van der Waals surface area contributed by atoms with Gasteiger partial charge in [0.05, 0.1) is 11.4 Å². The van der Waals surface area contributed by atoms with Crippen LogP contribution in [-0.4, -0.2) is 32.9 Å². The van der Waals surface area contributed by atoms with E-state index in [1.807, 2.05) is 19.9 Å². The lowest BCUT2D eigenvalue weighted by molar-refractivity contribution is 0.502. The first-order chi connectivity index (χ1) is 9.34. The van der Waals surface area contributed by atoms with Crippen LogP contribution in [0.4, 0.5) is 0 Å². The smallest absolute Gasteiger partial charge is 0.243 e. The highest BCUT2D eigenvalue weighted by atomic mass is 32.2. The fourth-order valence-corrected chi connectivity index (χ4v) is 3.32. The van der Waals surface area contributed by atoms with E-state index >= 15 is 0 Å². The van der Waals surface area contributed by atoms with E-state index in [2.05, 4.69) is 11.2 Å². The summed E-state index contributed by atoms with van der Waals surface area (Å²) in [6.45, 7) is 7.37. The van der Waals surface area contributed by atoms with Crippen LogP contribution in [0.15, 0.2) is 17.0 Å². The lowest BCUT2D eigenvalue weighted by Gasteiger charge is -2.18. The second kappa shape index (κ2) is 6.89. The molecule has 0 heterocycles. The largest absolute Gasteiger partial charge is 0.313 e. The number of nitrogens with zero attached hydrogens (tertiary/aromatic N) is 1. The number of hydrogen-bond acceptors (Lipinski definition) is 3. The molecule has 0 amide bonds. The number of sulfonamides is 1. The average Bonchev–Trinajstić information content (AvgIpc) is 2.37. The lowest BCUT2D eigenvalue weighted by atomic mass is 10.1. The molecule has 20 heavy (non-hydrogen) atoms. The molecular weight excluding hydrogens is 272 g/mol. The average molecular weight is 294 g/mol. The molecule has 1 aromatic carbocycles. The predicted molar refractivity (Wildman–Crippen MR) is 81.9 cm³/mol. The third kappa shape index (κ3) is 3.60. The van der Waals surface area contributed by atoms with Gasteiger partial charge in [-0.2, -0.15) is 4.31 Å². The lowest BCUT2D eigenvalue weighted by Crippen LogP contribution is -2.28. The Labute approximate surface area is 122 Å². The Hall–Kier alpha value is -1.35. The van der Waals surface area contributed by atoms with Gasteiger partial charge in [0.15, 0.2) is 0 Å². The summed E-state index contributed by atoms with van der Waals surface area (Å²) < 4.78 is 26.2. The zero-order valence-electron chi connectivity index (χ0n) is 12.5. The number of terminal acetylenes is 1.